The summed E-state index contributed by atoms with van der Waals surface area (Å²) in [4.78, 5) is 15.4. The van der Waals surface area contributed by atoms with E-state index in [1.807, 2.05) is 24.3 Å². The fourth-order valence-corrected chi connectivity index (χ4v) is 4.38. The number of H-pyrrole nitrogens is 1. The van der Waals surface area contributed by atoms with Gasteiger partial charge in [-0.1, -0.05) is 13.0 Å². The molecule has 0 saturated heterocycles. The molecule has 4 heterocycles. The number of aromatic amines is 1. The molecule has 1 aromatic carbocycles. The van der Waals surface area contributed by atoms with E-state index < -0.39 is 22.3 Å². The molecule has 0 radical (unpaired) electrons. The van der Waals surface area contributed by atoms with E-state index in [4.69, 9.17) is 9.47 Å². The maximum absolute atomic E-state index is 12.9. The first kappa shape index (κ1) is 25.1. The van der Waals surface area contributed by atoms with Crippen LogP contribution in [0.15, 0.2) is 84.3 Å². The van der Waals surface area contributed by atoms with E-state index in [1.54, 1.807) is 18.3 Å². The predicted molar refractivity (Wildman–Crippen MR) is 135 cm³/mol. The number of fused-ring (bicyclic) bond motifs is 1. The van der Waals surface area contributed by atoms with Gasteiger partial charge in [0.05, 0.1) is 23.3 Å². The van der Waals surface area contributed by atoms with Crippen LogP contribution in [0, 0.1) is 0 Å². The van der Waals surface area contributed by atoms with Gasteiger partial charge in [0.15, 0.2) is 32.1 Å². The zero-order valence-corrected chi connectivity index (χ0v) is 20.7. The number of rotatable bonds is 9. The number of halogens is 2. The van der Waals surface area contributed by atoms with Gasteiger partial charge in [-0.15, -0.1) is 0 Å². The van der Waals surface area contributed by atoms with Gasteiger partial charge in [0.2, 0.25) is 0 Å². The highest BCUT2D eigenvalue weighted by Gasteiger charge is 2.18. The lowest BCUT2D eigenvalue weighted by molar-refractivity contribution is -0.0541. The molecule has 12 heteroatoms. The summed E-state index contributed by atoms with van der Waals surface area (Å²) in [5.41, 5.74) is 2.11. The van der Waals surface area contributed by atoms with Crippen molar-refractivity contribution < 1.29 is 31.4 Å². The van der Waals surface area contributed by atoms with Crippen LogP contribution in [0.4, 0.5) is 8.78 Å². The molecule has 38 heavy (non-hydrogen) atoms. The smallest absolute Gasteiger partial charge is 0.388 e. The van der Waals surface area contributed by atoms with E-state index in [-0.39, 0.29) is 33.8 Å². The minimum absolute atomic E-state index is 0.0592. The van der Waals surface area contributed by atoms with Gasteiger partial charge in [0, 0.05) is 29.4 Å². The Kier molecular flexibility index (Phi) is 6.88. The molecule has 4 aromatic heterocycles. The molecule has 9 nitrogen and oxygen atoms in total. The van der Waals surface area contributed by atoms with Crippen molar-refractivity contribution in [2.45, 2.75) is 18.6 Å². The molecule has 0 saturated carbocycles. The van der Waals surface area contributed by atoms with Crippen molar-refractivity contribution in [1.82, 2.24) is 19.9 Å². The Morgan fingerprint density at radius 1 is 0.895 bits per heavy atom. The minimum Gasteiger partial charge on any atom is -0.452 e. The van der Waals surface area contributed by atoms with E-state index in [0.717, 1.165) is 11.1 Å². The molecule has 0 aliphatic carbocycles. The van der Waals surface area contributed by atoms with Crippen LogP contribution >= 0.6 is 0 Å². The third kappa shape index (κ3) is 5.39. The summed E-state index contributed by atoms with van der Waals surface area (Å²) in [7, 11) is -3.49. The first-order valence-corrected chi connectivity index (χ1v) is 13.0. The summed E-state index contributed by atoms with van der Waals surface area (Å²) in [6.07, 6.45) is 4.25. The Bertz CT molecular complexity index is 1680. The fraction of sp³-hybridized carbons (Fsp3) is 0.115. The van der Waals surface area contributed by atoms with Gasteiger partial charge in [-0.05, 0) is 48.5 Å². The second-order valence-electron chi connectivity index (χ2n) is 7.91. The lowest BCUT2D eigenvalue weighted by Gasteiger charge is -2.14. The van der Waals surface area contributed by atoms with E-state index >= 15 is 0 Å². The monoisotopic (exact) mass is 538 g/mol. The molecule has 0 bridgehead atoms. The number of nitrogens with one attached hydrogen (secondary N) is 1. The molecular weight excluding hydrogens is 518 g/mol. The van der Waals surface area contributed by atoms with Crippen molar-refractivity contribution in [2.75, 3.05) is 5.75 Å². The number of aromatic nitrogens is 4. The van der Waals surface area contributed by atoms with Gasteiger partial charge in [-0.3, -0.25) is 4.98 Å². The highest BCUT2D eigenvalue weighted by molar-refractivity contribution is 7.91. The van der Waals surface area contributed by atoms with Crippen LogP contribution in [-0.2, 0) is 9.84 Å². The quantitative estimate of drug-likeness (QED) is 0.243. The van der Waals surface area contributed by atoms with Crippen molar-refractivity contribution in [3.05, 3.63) is 79.3 Å². The van der Waals surface area contributed by atoms with Crippen LogP contribution < -0.4 is 14.2 Å². The molecule has 1 N–H and O–H groups in total. The maximum Gasteiger partial charge on any atom is 0.388 e. The standard InChI is InChI=1S/C26H20F2N4O5S/c1-2-38(33,34)24-9-8-17(15-31-24)35-22-13-16-12-20(18-6-3-4-10-29-18)32-19(16)14-23(22)36-21-7-5-11-30-25(21)37-26(27)28/h3-15,26,32H,2H2,1H3. The second kappa shape index (κ2) is 10.4. The summed E-state index contributed by atoms with van der Waals surface area (Å²) in [5.74, 6) is 0.0591. The Balaban J connectivity index is 1.56. The molecular formula is C26H20F2N4O5S. The molecule has 0 aliphatic heterocycles. The summed E-state index contributed by atoms with van der Waals surface area (Å²) >= 11 is 0. The van der Waals surface area contributed by atoms with Crippen molar-refractivity contribution in [1.29, 1.82) is 0 Å². The third-order valence-electron chi connectivity index (χ3n) is 5.42. The largest absolute Gasteiger partial charge is 0.452 e. The number of benzene rings is 1. The summed E-state index contributed by atoms with van der Waals surface area (Å²) in [6, 6.07) is 16.5. The lowest BCUT2D eigenvalue weighted by atomic mass is 10.2. The topological polar surface area (TPSA) is 116 Å². The summed E-state index contributed by atoms with van der Waals surface area (Å²) in [6.45, 7) is -1.57. The zero-order chi connectivity index (χ0) is 26.7. The van der Waals surface area contributed by atoms with Crippen LogP contribution in [-0.4, -0.2) is 40.7 Å². The van der Waals surface area contributed by atoms with Gasteiger partial charge in [0.1, 0.15) is 5.75 Å². The number of nitrogens with zero attached hydrogens (tertiary/aromatic N) is 3. The normalized spacial score (nSPS) is 11.6. The van der Waals surface area contributed by atoms with Crippen LogP contribution in [0.3, 0.4) is 0 Å². The van der Waals surface area contributed by atoms with Gasteiger partial charge in [-0.25, -0.2) is 18.4 Å². The van der Waals surface area contributed by atoms with Crippen LogP contribution in [0.2, 0.25) is 0 Å². The molecule has 5 rings (SSSR count). The Hall–Kier alpha value is -4.58. The third-order valence-corrected chi connectivity index (χ3v) is 7.06. The van der Waals surface area contributed by atoms with Gasteiger partial charge >= 0.3 is 6.61 Å². The molecule has 0 unspecified atom stereocenters. The Labute approximate surface area is 216 Å². The molecule has 0 spiro atoms. The SMILES string of the molecule is CCS(=O)(=O)c1ccc(Oc2cc3cc(-c4ccccn4)[nH]c3cc2Oc2cccnc2OC(F)F)cn1. The summed E-state index contributed by atoms with van der Waals surface area (Å²) in [5, 5.41) is 0.676. The van der Waals surface area contributed by atoms with E-state index in [2.05, 4.69) is 24.7 Å². The first-order chi connectivity index (χ1) is 18.3. The van der Waals surface area contributed by atoms with Crippen molar-refractivity contribution in [2.24, 2.45) is 0 Å². The molecule has 0 amide bonds. The number of pyridine rings is 3. The number of hydrogen-bond donors (Lipinski definition) is 1. The lowest BCUT2D eigenvalue weighted by Crippen LogP contribution is -2.05. The van der Waals surface area contributed by atoms with Gasteiger partial charge in [-0.2, -0.15) is 8.78 Å². The van der Waals surface area contributed by atoms with Crippen LogP contribution in [0.25, 0.3) is 22.3 Å². The highest BCUT2D eigenvalue weighted by atomic mass is 32.2. The maximum atomic E-state index is 12.9. The van der Waals surface area contributed by atoms with Crippen molar-refractivity contribution >= 4 is 20.7 Å². The van der Waals surface area contributed by atoms with E-state index in [0.29, 0.717) is 11.2 Å². The number of alkyl halides is 2. The molecule has 0 atom stereocenters. The Morgan fingerprint density at radius 3 is 2.42 bits per heavy atom. The molecule has 5 aromatic rings. The van der Waals surface area contributed by atoms with Gasteiger partial charge < -0.3 is 19.2 Å². The summed E-state index contributed by atoms with van der Waals surface area (Å²) < 4.78 is 66.5. The van der Waals surface area contributed by atoms with E-state index in [9.17, 15) is 17.2 Å². The van der Waals surface area contributed by atoms with Gasteiger partial charge in [0.25, 0.3) is 5.88 Å². The van der Waals surface area contributed by atoms with Crippen LogP contribution in [0.1, 0.15) is 6.92 Å². The van der Waals surface area contributed by atoms with Crippen molar-refractivity contribution in [3.63, 3.8) is 0 Å². The Morgan fingerprint density at radius 2 is 1.71 bits per heavy atom. The minimum atomic E-state index is -3.49. The predicted octanol–water partition coefficient (Wildman–Crippen LogP) is 6.00. The molecule has 0 fully saturated rings. The molecule has 0 aliphatic rings. The second-order valence-corrected chi connectivity index (χ2v) is 10.1. The first-order valence-electron chi connectivity index (χ1n) is 11.3. The fourth-order valence-electron chi connectivity index (χ4n) is 3.59. The van der Waals surface area contributed by atoms with Crippen molar-refractivity contribution in [3.8, 4) is 40.3 Å². The number of sulfone groups is 1. The molecule has 194 valence electrons. The average Bonchev–Trinajstić information content (AvgIpc) is 3.33. The number of ether oxygens (including phenoxy) is 3. The highest BCUT2D eigenvalue weighted by Crippen LogP contribution is 2.41. The average molecular weight is 539 g/mol. The van der Waals surface area contributed by atoms with E-state index in [1.165, 1.54) is 43.6 Å². The zero-order valence-electron chi connectivity index (χ0n) is 19.8. The number of hydrogen-bond acceptors (Lipinski definition) is 8. The van der Waals surface area contributed by atoms with Crippen LogP contribution in [0.5, 0.6) is 28.9 Å².